The van der Waals surface area contributed by atoms with E-state index >= 15 is 0 Å². The fourth-order valence-electron chi connectivity index (χ4n) is 1.33. The molecule has 0 aliphatic heterocycles. The molecule has 1 aromatic rings. The molecule has 16 heavy (non-hydrogen) atoms. The third-order valence-electron chi connectivity index (χ3n) is 1.91. The SMILES string of the molecule is CC(C)(C)N/C(=C\C=N)c1ccc(F)cc1. The van der Waals surface area contributed by atoms with E-state index in [0.29, 0.717) is 0 Å². The fraction of sp³-hybridized carbons (Fsp3) is 0.308. The van der Waals surface area contributed by atoms with Crippen LogP contribution in [0.4, 0.5) is 4.39 Å². The Balaban J connectivity index is 2.99. The number of hydrogen-bond acceptors (Lipinski definition) is 2. The molecule has 0 radical (unpaired) electrons. The molecule has 1 aromatic carbocycles. The van der Waals surface area contributed by atoms with Gasteiger partial charge in [0.25, 0.3) is 0 Å². The van der Waals surface area contributed by atoms with Gasteiger partial charge in [-0.2, -0.15) is 0 Å². The Morgan fingerprint density at radius 2 is 1.81 bits per heavy atom. The average Bonchev–Trinajstić information content (AvgIpc) is 2.16. The number of rotatable bonds is 3. The Labute approximate surface area is 95.7 Å². The molecule has 0 aromatic heterocycles. The van der Waals surface area contributed by atoms with Crippen LogP contribution in [0.3, 0.4) is 0 Å². The number of halogens is 1. The van der Waals surface area contributed by atoms with Crippen molar-refractivity contribution in [1.82, 2.24) is 5.32 Å². The molecule has 0 aliphatic carbocycles. The van der Waals surface area contributed by atoms with E-state index in [2.05, 4.69) is 5.32 Å². The first-order valence-electron chi connectivity index (χ1n) is 5.17. The minimum absolute atomic E-state index is 0.0940. The molecule has 0 unspecified atom stereocenters. The lowest BCUT2D eigenvalue weighted by Crippen LogP contribution is -2.34. The molecular weight excluding hydrogens is 203 g/mol. The highest BCUT2D eigenvalue weighted by atomic mass is 19.1. The predicted octanol–water partition coefficient (Wildman–Crippen LogP) is 3.20. The van der Waals surface area contributed by atoms with Crippen LogP contribution in [0.25, 0.3) is 5.70 Å². The highest BCUT2D eigenvalue weighted by Gasteiger charge is 2.12. The maximum Gasteiger partial charge on any atom is 0.123 e. The van der Waals surface area contributed by atoms with Crippen LogP contribution in [0.5, 0.6) is 0 Å². The Bertz CT molecular complexity index is 385. The van der Waals surface area contributed by atoms with Crippen molar-refractivity contribution in [2.75, 3.05) is 0 Å². The number of hydrogen-bond donors (Lipinski definition) is 2. The van der Waals surface area contributed by atoms with Gasteiger partial charge in [-0.1, -0.05) is 12.1 Å². The quantitative estimate of drug-likeness (QED) is 0.754. The van der Waals surface area contributed by atoms with Crippen molar-refractivity contribution >= 4 is 11.9 Å². The molecule has 86 valence electrons. The molecule has 3 heteroatoms. The summed E-state index contributed by atoms with van der Waals surface area (Å²) in [6.07, 6.45) is 2.88. The van der Waals surface area contributed by atoms with Crippen molar-refractivity contribution in [3.63, 3.8) is 0 Å². The van der Waals surface area contributed by atoms with Crippen LogP contribution in [0.15, 0.2) is 30.3 Å². The van der Waals surface area contributed by atoms with Crippen LogP contribution >= 0.6 is 0 Å². The molecule has 0 spiro atoms. The monoisotopic (exact) mass is 220 g/mol. The molecule has 0 heterocycles. The van der Waals surface area contributed by atoms with Crippen molar-refractivity contribution in [3.05, 3.63) is 41.7 Å². The van der Waals surface area contributed by atoms with E-state index in [9.17, 15) is 4.39 Å². The molecule has 2 nitrogen and oxygen atoms in total. The summed E-state index contributed by atoms with van der Waals surface area (Å²) in [5.74, 6) is -0.256. The second-order valence-electron chi connectivity index (χ2n) is 4.63. The van der Waals surface area contributed by atoms with Gasteiger partial charge in [-0.3, -0.25) is 0 Å². The molecule has 0 aliphatic rings. The van der Waals surface area contributed by atoms with Gasteiger partial charge in [-0.15, -0.1) is 0 Å². The first-order chi connectivity index (χ1) is 7.42. The van der Waals surface area contributed by atoms with Crippen molar-refractivity contribution in [2.24, 2.45) is 0 Å². The van der Waals surface area contributed by atoms with Crippen molar-refractivity contribution in [1.29, 1.82) is 5.41 Å². The zero-order valence-corrected chi connectivity index (χ0v) is 9.84. The summed E-state index contributed by atoms with van der Waals surface area (Å²) in [6, 6.07) is 6.22. The first-order valence-corrected chi connectivity index (χ1v) is 5.17. The smallest absolute Gasteiger partial charge is 0.123 e. The Morgan fingerprint density at radius 3 is 2.25 bits per heavy atom. The van der Waals surface area contributed by atoms with Gasteiger partial charge in [0.15, 0.2) is 0 Å². The molecular formula is C13H17FN2. The second kappa shape index (κ2) is 4.92. The lowest BCUT2D eigenvalue weighted by molar-refractivity contribution is 0.501. The number of nitrogens with one attached hydrogen (secondary N) is 2. The zero-order valence-electron chi connectivity index (χ0n) is 9.84. The number of benzene rings is 1. The maximum atomic E-state index is 12.8. The van der Waals surface area contributed by atoms with E-state index in [4.69, 9.17) is 5.41 Å². The minimum Gasteiger partial charge on any atom is -0.380 e. The van der Waals surface area contributed by atoms with Crippen LogP contribution in [-0.2, 0) is 0 Å². The summed E-state index contributed by atoms with van der Waals surface area (Å²) in [7, 11) is 0. The molecule has 1 rings (SSSR count). The van der Waals surface area contributed by atoms with Crippen molar-refractivity contribution in [2.45, 2.75) is 26.3 Å². The van der Waals surface area contributed by atoms with Crippen LogP contribution < -0.4 is 5.32 Å². The summed E-state index contributed by atoms with van der Waals surface area (Å²) in [6.45, 7) is 6.11. The normalized spacial score (nSPS) is 12.4. The van der Waals surface area contributed by atoms with Gasteiger partial charge in [0.2, 0.25) is 0 Å². The highest BCUT2D eigenvalue weighted by Crippen LogP contribution is 2.15. The molecule has 0 saturated heterocycles. The van der Waals surface area contributed by atoms with Crippen molar-refractivity contribution < 1.29 is 4.39 Å². The molecule has 0 fully saturated rings. The standard InChI is InChI=1S/C13H17FN2/c1-13(2,3)16-12(8-9-15)10-4-6-11(14)7-5-10/h4-9,15-16H,1-3H3/b12-8-,15-9?. The molecule has 0 amide bonds. The van der Waals surface area contributed by atoms with Gasteiger partial charge >= 0.3 is 0 Å². The lowest BCUT2D eigenvalue weighted by Gasteiger charge is -2.24. The highest BCUT2D eigenvalue weighted by molar-refractivity contribution is 5.82. The van der Waals surface area contributed by atoms with E-state index in [1.54, 1.807) is 18.2 Å². The van der Waals surface area contributed by atoms with E-state index in [-0.39, 0.29) is 11.4 Å². The second-order valence-corrected chi connectivity index (χ2v) is 4.63. The molecule has 0 saturated carbocycles. The van der Waals surface area contributed by atoms with Crippen LogP contribution in [0.2, 0.25) is 0 Å². The van der Waals surface area contributed by atoms with Gasteiger partial charge in [0.05, 0.1) is 0 Å². The molecule has 2 N–H and O–H groups in total. The zero-order chi connectivity index (χ0) is 12.2. The van der Waals surface area contributed by atoms with E-state index < -0.39 is 0 Å². The summed E-state index contributed by atoms with van der Waals surface area (Å²) >= 11 is 0. The fourth-order valence-corrected chi connectivity index (χ4v) is 1.33. The summed E-state index contributed by atoms with van der Waals surface area (Å²) in [4.78, 5) is 0. The Kier molecular flexibility index (Phi) is 3.82. The molecule has 0 bridgehead atoms. The largest absolute Gasteiger partial charge is 0.380 e. The van der Waals surface area contributed by atoms with Gasteiger partial charge in [0.1, 0.15) is 5.82 Å². The Hall–Kier alpha value is -1.64. The van der Waals surface area contributed by atoms with Gasteiger partial charge in [-0.25, -0.2) is 4.39 Å². The maximum absolute atomic E-state index is 12.8. The van der Waals surface area contributed by atoms with Gasteiger partial charge < -0.3 is 10.7 Å². The average molecular weight is 220 g/mol. The molecule has 0 atom stereocenters. The van der Waals surface area contributed by atoms with Crippen LogP contribution in [0.1, 0.15) is 26.3 Å². The summed E-state index contributed by atoms with van der Waals surface area (Å²) in [5.41, 5.74) is 1.60. The summed E-state index contributed by atoms with van der Waals surface area (Å²) in [5, 5.41) is 10.4. The Morgan fingerprint density at radius 1 is 1.25 bits per heavy atom. The third kappa shape index (κ3) is 3.85. The van der Waals surface area contributed by atoms with E-state index in [1.165, 1.54) is 18.3 Å². The number of allylic oxidation sites excluding steroid dienone is 1. The predicted molar refractivity (Wildman–Crippen MR) is 66.0 cm³/mol. The van der Waals surface area contributed by atoms with Crippen molar-refractivity contribution in [3.8, 4) is 0 Å². The van der Waals surface area contributed by atoms with E-state index in [0.717, 1.165) is 11.3 Å². The summed E-state index contributed by atoms with van der Waals surface area (Å²) < 4.78 is 12.8. The van der Waals surface area contributed by atoms with Crippen LogP contribution in [0, 0.1) is 11.2 Å². The van der Waals surface area contributed by atoms with Gasteiger partial charge in [-0.05, 0) is 44.5 Å². The lowest BCUT2D eigenvalue weighted by atomic mass is 10.1. The minimum atomic E-state index is -0.256. The third-order valence-corrected chi connectivity index (χ3v) is 1.91. The van der Waals surface area contributed by atoms with Gasteiger partial charge in [0, 0.05) is 17.5 Å². The topological polar surface area (TPSA) is 35.9 Å². The van der Waals surface area contributed by atoms with E-state index in [1.807, 2.05) is 20.8 Å². The van der Waals surface area contributed by atoms with Crippen LogP contribution in [-0.4, -0.2) is 11.8 Å². The first kappa shape index (κ1) is 12.4.